The van der Waals surface area contributed by atoms with Crippen molar-refractivity contribution in [1.82, 2.24) is 4.90 Å². The number of amides is 2. The van der Waals surface area contributed by atoms with Crippen LogP contribution in [0, 0.1) is 23.7 Å². The molecule has 3 aromatic rings. The van der Waals surface area contributed by atoms with Crippen LogP contribution in [-0.2, 0) is 21.0 Å². The van der Waals surface area contributed by atoms with Crippen LogP contribution in [0.1, 0.15) is 88.2 Å². The summed E-state index contributed by atoms with van der Waals surface area (Å²) in [7, 11) is 3.07. The normalized spacial score (nSPS) is 23.9. The molecule has 0 saturated heterocycles. The number of anilines is 1. The van der Waals surface area contributed by atoms with Gasteiger partial charge < -0.3 is 43.6 Å². The molecule has 338 valence electrons. The first-order chi connectivity index (χ1) is 30.8. The van der Waals surface area contributed by atoms with E-state index in [0.29, 0.717) is 54.5 Å². The number of oxime groups is 1. The fourth-order valence-corrected chi connectivity index (χ4v) is 9.84. The molecule has 2 saturated carbocycles. The van der Waals surface area contributed by atoms with Gasteiger partial charge in [0.15, 0.2) is 0 Å². The predicted octanol–water partition coefficient (Wildman–Crippen LogP) is 8.80. The number of methoxy groups -OCH3 is 2. The largest absolute Gasteiger partial charge is 0.497 e. The van der Waals surface area contributed by atoms with Gasteiger partial charge in [-0.1, -0.05) is 67.4 Å². The van der Waals surface area contributed by atoms with E-state index in [1.54, 1.807) is 37.5 Å². The standard InChI is InChI=1S/C50H63N3O10/c1-5-24-53(48(56)34-18-19-34)45-31-42(52-61-32-33-14-8-7-9-15-33)39-28-35(16-10-12-25-54)38(17-11-13-26-55)46-40-29-37(21-23-43(40)63-50(45,47(39)46)60-27-6-2)62-49(57)51-41-22-20-36(58-3)30-44(41)59-4/h6-9,14-15,20-23,28-30,34-35,38,45-47,54-55H,2,5,10-13,16-19,24-27,31-32H2,1,3-4H3,(H,51,57). The smallest absolute Gasteiger partial charge is 0.417 e. The average Bonchev–Trinajstić information content (AvgIpc) is 4.15. The number of nitrogens with one attached hydrogen (secondary N) is 1. The molecule has 0 aromatic heterocycles. The Bertz CT molecular complexity index is 2100. The Kier molecular flexibility index (Phi) is 15.5. The molecule has 1 heterocycles. The van der Waals surface area contributed by atoms with Gasteiger partial charge in [-0.25, -0.2) is 4.79 Å². The molecule has 3 aromatic carbocycles. The van der Waals surface area contributed by atoms with Crippen LogP contribution in [0.3, 0.4) is 0 Å². The molecule has 3 N–H and O–H groups in total. The number of allylic oxidation sites excluding steroid dienone is 1. The summed E-state index contributed by atoms with van der Waals surface area (Å²) in [6.45, 7) is 7.22. The zero-order valence-corrected chi connectivity index (χ0v) is 36.8. The van der Waals surface area contributed by atoms with Crippen LogP contribution in [0.25, 0.3) is 0 Å². The number of ether oxygens (including phenoxy) is 5. The van der Waals surface area contributed by atoms with Crippen molar-refractivity contribution in [2.75, 3.05) is 45.9 Å². The van der Waals surface area contributed by atoms with Crippen LogP contribution in [0.5, 0.6) is 23.0 Å². The molecular weight excluding hydrogens is 803 g/mol. The minimum Gasteiger partial charge on any atom is -0.497 e. The number of aliphatic hydroxyl groups is 2. The number of aliphatic hydroxyl groups excluding tert-OH is 2. The number of rotatable bonds is 22. The second-order valence-corrected chi connectivity index (χ2v) is 16.9. The van der Waals surface area contributed by atoms with Crippen LogP contribution in [-0.4, -0.2) is 85.2 Å². The molecule has 1 aliphatic heterocycles. The van der Waals surface area contributed by atoms with Crippen molar-refractivity contribution in [1.29, 1.82) is 0 Å². The van der Waals surface area contributed by atoms with Crippen LogP contribution in [0.2, 0.25) is 0 Å². The number of fused-ring (bicyclic) bond motifs is 2. The molecule has 3 aliphatic carbocycles. The third-order valence-corrected chi connectivity index (χ3v) is 12.8. The summed E-state index contributed by atoms with van der Waals surface area (Å²) in [5.41, 5.74) is 3.92. The molecule has 2 fully saturated rings. The summed E-state index contributed by atoms with van der Waals surface area (Å²) in [5, 5.41) is 27.6. The van der Waals surface area contributed by atoms with Gasteiger partial charge in [0.2, 0.25) is 11.7 Å². The molecule has 7 rings (SSSR count). The zero-order valence-electron chi connectivity index (χ0n) is 36.8. The van der Waals surface area contributed by atoms with E-state index in [9.17, 15) is 19.8 Å². The Morgan fingerprint density at radius 3 is 2.43 bits per heavy atom. The number of carbonyl (C=O) groups excluding carboxylic acids is 2. The van der Waals surface area contributed by atoms with Gasteiger partial charge >= 0.3 is 6.09 Å². The van der Waals surface area contributed by atoms with Crippen molar-refractivity contribution in [3.63, 3.8) is 0 Å². The number of hydrogen-bond donors (Lipinski definition) is 3. The van der Waals surface area contributed by atoms with Crippen LogP contribution >= 0.6 is 0 Å². The van der Waals surface area contributed by atoms with Crippen LogP contribution in [0.4, 0.5) is 10.5 Å². The van der Waals surface area contributed by atoms with Gasteiger partial charge in [0.1, 0.15) is 35.6 Å². The summed E-state index contributed by atoms with van der Waals surface area (Å²) in [6.07, 6.45) is 10.6. The lowest BCUT2D eigenvalue weighted by atomic mass is 9.55. The number of carbonyl (C=O) groups is 2. The fourth-order valence-electron chi connectivity index (χ4n) is 9.84. The lowest BCUT2D eigenvalue weighted by molar-refractivity contribution is -0.257. The van der Waals surface area contributed by atoms with Gasteiger partial charge in [-0.15, -0.1) is 6.58 Å². The van der Waals surface area contributed by atoms with E-state index in [0.717, 1.165) is 67.4 Å². The Labute approximate surface area is 371 Å². The number of hydrogen-bond acceptors (Lipinski definition) is 11. The average molecular weight is 866 g/mol. The monoisotopic (exact) mass is 865 g/mol. The van der Waals surface area contributed by atoms with E-state index in [4.69, 9.17) is 33.7 Å². The summed E-state index contributed by atoms with van der Waals surface area (Å²) < 4.78 is 31.3. The van der Waals surface area contributed by atoms with E-state index in [1.165, 1.54) is 7.11 Å². The van der Waals surface area contributed by atoms with Gasteiger partial charge in [0, 0.05) is 49.6 Å². The second-order valence-electron chi connectivity index (χ2n) is 16.9. The number of benzene rings is 3. The Balaban J connectivity index is 1.37. The lowest BCUT2D eigenvalue weighted by Crippen LogP contribution is -2.70. The van der Waals surface area contributed by atoms with Crippen molar-refractivity contribution in [3.8, 4) is 23.0 Å². The molecule has 6 unspecified atom stereocenters. The third kappa shape index (κ3) is 10.2. The highest BCUT2D eigenvalue weighted by Gasteiger charge is 2.65. The summed E-state index contributed by atoms with van der Waals surface area (Å²) >= 11 is 0. The minimum absolute atomic E-state index is 0.00924. The predicted molar refractivity (Wildman–Crippen MR) is 240 cm³/mol. The maximum atomic E-state index is 14.5. The molecule has 63 heavy (non-hydrogen) atoms. The Hall–Kier alpha value is -5.37. The second kappa shape index (κ2) is 21.3. The van der Waals surface area contributed by atoms with Crippen LogP contribution < -0.4 is 24.3 Å². The molecule has 13 heteroatoms. The van der Waals surface area contributed by atoms with Gasteiger partial charge in [-0.2, -0.15) is 0 Å². The van der Waals surface area contributed by atoms with Crippen molar-refractivity contribution >= 4 is 23.4 Å². The van der Waals surface area contributed by atoms with Crippen molar-refractivity contribution in [2.24, 2.45) is 28.8 Å². The lowest BCUT2D eigenvalue weighted by Gasteiger charge is -2.60. The van der Waals surface area contributed by atoms with Gasteiger partial charge in [-0.3, -0.25) is 10.1 Å². The van der Waals surface area contributed by atoms with Gasteiger partial charge in [-0.05, 0) is 98.2 Å². The van der Waals surface area contributed by atoms with E-state index in [2.05, 4.69) is 24.9 Å². The van der Waals surface area contributed by atoms with Gasteiger partial charge in [0.25, 0.3) is 0 Å². The molecular formula is C50H63N3O10. The molecule has 0 radical (unpaired) electrons. The molecule has 6 atom stereocenters. The van der Waals surface area contributed by atoms with E-state index < -0.39 is 23.8 Å². The zero-order chi connectivity index (χ0) is 44.3. The highest BCUT2D eigenvalue weighted by atomic mass is 16.7. The maximum Gasteiger partial charge on any atom is 0.417 e. The van der Waals surface area contributed by atoms with Crippen molar-refractivity contribution in [3.05, 3.63) is 102 Å². The van der Waals surface area contributed by atoms with E-state index in [1.807, 2.05) is 47.4 Å². The summed E-state index contributed by atoms with van der Waals surface area (Å²) in [4.78, 5) is 36.2. The topological polar surface area (TPSA) is 158 Å². The Morgan fingerprint density at radius 2 is 1.73 bits per heavy atom. The van der Waals surface area contributed by atoms with E-state index >= 15 is 0 Å². The third-order valence-electron chi connectivity index (χ3n) is 12.8. The summed E-state index contributed by atoms with van der Waals surface area (Å²) in [5.74, 6) is -0.136. The fraction of sp³-hybridized carbons (Fsp3) is 0.500. The quantitative estimate of drug-likeness (QED) is 0.0507. The first-order valence-corrected chi connectivity index (χ1v) is 22.5. The molecule has 4 aliphatic rings. The molecule has 2 amide bonds. The van der Waals surface area contributed by atoms with E-state index in [-0.39, 0.29) is 56.0 Å². The Morgan fingerprint density at radius 1 is 0.968 bits per heavy atom. The highest BCUT2D eigenvalue weighted by molar-refractivity contribution is 6.03. The van der Waals surface area contributed by atoms with Crippen LogP contribution in [0.15, 0.2) is 96.2 Å². The maximum absolute atomic E-state index is 14.5. The van der Waals surface area contributed by atoms with Crippen molar-refractivity contribution in [2.45, 2.75) is 95.5 Å². The SMILES string of the molecule is C=CCOC12Oc3ccc(OC(=O)Nc4ccc(OC)cc4OC)cc3C3C(CCCCO)C(CCCCO)C=C(C(=NOCc4ccccc4)CC1N(CCC)C(=O)C1CC1)C32. The first kappa shape index (κ1) is 45.6. The minimum atomic E-state index is -1.36. The molecule has 13 nitrogen and oxygen atoms in total. The first-order valence-electron chi connectivity index (χ1n) is 22.5. The number of nitrogens with zero attached hydrogens (tertiary/aromatic N) is 2. The molecule has 0 spiro atoms. The molecule has 0 bridgehead atoms. The van der Waals surface area contributed by atoms with Gasteiger partial charge in [0.05, 0.1) is 38.1 Å². The number of unbranched alkanes of at least 4 members (excludes halogenated alkanes) is 2. The summed E-state index contributed by atoms with van der Waals surface area (Å²) in [6, 6.07) is 19.8. The highest BCUT2D eigenvalue weighted by Crippen LogP contribution is 2.62. The van der Waals surface area contributed by atoms with Crippen molar-refractivity contribution < 1.29 is 48.3 Å².